The summed E-state index contributed by atoms with van der Waals surface area (Å²) in [6.45, 7) is 4.57. The van der Waals surface area contributed by atoms with Crippen LogP contribution in [0.1, 0.15) is 13.8 Å². The minimum Gasteiger partial charge on any atom is -0.476 e. The highest BCUT2D eigenvalue weighted by molar-refractivity contribution is 7.92. The summed E-state index contributed by atoms with van der Waals surface area (Å²) >= 11 is 0. The highest BCUT2D eigenvalue weighted by Gasteiger charge is 2.31. The Morgan fingerprint density at radius 1 is 0.938 bits per heavy atom. The number of rotatable bonds is 8. The number of benzene rings is 2. The normalized spacial score (nSPS) is 11.9. The smallest absolute Gasteiger partial charge is 0.476 e. The van der Waals surface area contributed by atoms with E-state index >= 15 is 0 Å². The maximum atomic E-state index is 12.5. The Labute approximate surface area is 183 Å². The molecule has 0 aliphatic heterocycles. The monoisotopic (exact) mass is 467 g/mol. The average Bonchev–Trinajstić information content (AvgIpc) is 2.72. The predicted molar refractivity (Wildman–Crippen MR) is 112 cm³/mol. The highest BCUT2D eigenvalue weighted by atomic mass is 32.2. The molecule has 32 heavy (non-hydrogen) atoms. The standard InChI is InChI=1S/C21H20F3N3O4S/c1-14(2)13-30-20-12-11-19(25-26-20)15-3-5-16(6-4-15)27-32(28,29)18-9-7-17(8-10-18)31-21(22,23)24/h3-12,14,27H,13H2,1-2H3. The second-order valence-electron chi connectivity index (χ2n) is 7.16. The van der Waals surface area contributed by atoms with E-state index in [1.54, 1.807) is 36.4 Å². The summed E-state index contributed by atoms with van der Waals surface area (Å²) < 4.78 is 73.3. The second kappa shape index (κ2) is 9.43. The fraction of sp³-hybridized carbons (Fsp3) is 0.238. The number of hydrogen-bond acceptors (Lipinski definition) is 6. The van der Waals surface area contributed by atoms with Gasteiger partial charge in [-0.2, -0.15) is 0 Å². The molecular weight excluding hydrogens is 447 g/mol. The first kappa shape index (κ1) is 23.3. The summed E-state index contributed by atoms with van der Waals surface area (Å²) in [5.74, 6) is 0.264. The van der Waals surface area contributed by atoms with Crippen LogP contribution in [0.25, 0.3) is 11.3 Å². The Bertz CT molecular complexity index is 1130. The minimum absolute atomic E-state index is 0.209. The molecule has 0 bridgehead atoms. The van der Waals surface area contributed by atoms with E-state index in [4.69, 9.17) is 4.74 Å². The van der Waals surface area contributed by atoms with Crippen LogP contribution in [-0.2, 0) is 10.0 Å². The zero-order chi connectivity index (χ0) is 23.4. The lowest BCUT2D eigenvalue weighted by atomic mass is 10.1. The molecule has 0 fully saturated rings. The number of anilines is 1. The summed E-state index contributed by atoms with van der Waals surface area (Å²) in [5.41, 5.74) is 1.57. The van der Waals surface area contributed by atoms with Gasteiger partial charge in [0.05, 0.1) is 17.2 Å². The number of nitrogens with zero attached hydrogens (tertiary/aromatic N) is 2. The van der Waals surface area contributed by atoms with Gasteiger partial charge in [-0.25, -0.2) is 8.42 Å². The molecule has 1 aromatic heterocycles. The maximum Gasteiger partial charge on any atom is 0.573 e. The van der Waals surface area contributed by atoms with Crippen molar-refractivity contribution in [1.82, 2.24) is 10.2 Å². The molecular formula is C21H20F3N3O4S. The zero-order valence-electron chi connectivity index (χ0n) is 17.1. The molecule has 7 nitrogen and oxygen atoms in total. The molecule has 0 aliphatic carbocycles. The first-order valence-electron chi connectivity index (χ1n) is 9.47. The summed E-state index contributed by atoms with van der Waals surface area (Å²) in [6.07, 6.45) is -4.85. The molecule has 3 aromatic rings. The van der Waals surface area contributed by atoms with E-state index in [0.717, 1.165) is 24.3 Å². The van der Waals surface area contributed by atoms with Crippen molar-refractivity contribution >= 4 is 15.7 Å². The molecule has 0 aliphatic rings. The highest BCUT2D eigenvalue weighted by Crippen LogP contribution is 2.26. The summed E-state index contributed by atoms with van der Waals surface area (Å²) in [6, 6.07) is 13.8. The van der Waals surface area contributed by atoms with Gasteiger partial charge in [-0.1, -0.05) is 26.0 Å². The number of halogens is 3. The van der Waals surface area contributed by atoms with Gasteiger partial charge < -0.3 is 9.47 Å². The summed E-state index contributed by atoms with van der Waals surface area (Å²) in [7, 11) is -4.00. The fourth-order valence-electron chi connectivity index (χ4n) is 2.55. The zero-order valence-corrected chi connectivity index (χ0v) is 17.9. The predicted octanol–water partition coefficient (Wildman–Crippen LogP) is 4.88. The third-order valence-corrected chi connectivity index (χ3v) is 5.40. The van der Waals surface area contributed by atoms with E-state index in [2.05, 4.69) is 19.7 Å². The van der Waals surface area contributed by atoms with Crippen LogP contribution in [0.2, 0.25) is 0 Å². The summed E-state index contributed by atoms with van der Waals surface area (Å²) in [4.78, 5) is -0.209. The Morgan fingerprint density at radius 3 is 2.12 bits per heavy atom. The van der Waals surface area contributed by atoms with Crippen LogP contribution in [0.15, 0.2) is 65.6 Å². The molecule has 170 valence electrons. The molecule has 1 N–H and O–H groups in total. The maximum absolute atomic E-state index is 12.5. The van der Waals surface area contributed by atoms with Crippen molar-refractivity contribution in [3.05, 3.63) is 60.7 Å². The first-order chi connectivity index (χ1) is 15.0. The van der Waals surface area contributed by atoms with E-state index < -0.39 is 22.1 Å². The van der Waals surface area contributed by atoms with Crippen molar-refractivity contribution in [3.8, 4) is 22.9 Å². The number of sulfonamides is 1. The van der Waals surface area contributed by atoms with Crippen molar-refractivity contribution in [1.29, 1.82) is 0 Å². The molecule has 0 spiro atoms. The number of nitrogens with one attached hydrogen (secondary N) is 1. The van der Waals surface area contributed by atoms with Crippen LogP contribution in [-0.4, -0.2) is 31.6 Å². The Hall–Kier alpha value is -3.34. The largest absolute Gasteiger partial charge is 0.573 e. The van der Waals surface area contributed by atoms with Gasteiger partial charge in [0.15, 0.2) is 0 Å². The van der Waals surface area contributed by atoms with Crippen molar-refractivity contribution < 1.29 is 31.1 Å². The molecule has 2 aromatic carbocycles. The number of aromatic nitrogens is 2. The third-order valence-electron chi connectivity index (χ3n) is 4.01. The van der Waals surface area contributed by atoms with Gasteiger partial charge >= 0.3 is 6.36 Å². The van der Waals surface area contributed by atoms with Crippen LogP contribution in [0, 0.1) is 5.92 Å². The van der Waals surface area contributed by atoms with E-state index in [0.29, 0.717) is 29.7 Å². The lowest BCUT2D eigenvalue weighted by Crippen LogP contribution is -2.17. The van der Waals surface area contributed by atoms with E-state index in [9.17, 15) is 21.6 Å². The van der Waals surface area contributed by atoms with Crippen LogP contribution >= 0.6 is 0 Å². The second-order valence-corrected chi connectivity index (χ2v) is 8.85. The lowest BCUT2D eigenvalue weighted by Gasteiger charge is -2.11. The van der Waals surface area contributed by atoms with Gasteiger partial charge in [-0.05, 0) is 48.4 Å². The summed E-state index contributed by atoms with van der Waals surface area (Å²) in [5, 5.41) is 8.12. The Balaban J connectivity index is 1.67. The third kappa shape index (κ3) is 6.58. The quantitative estimate of drug-likeness (QED) is 0.508. The van der Waals surface area contributed by atoms with Crippen molar-refractivity contribution in [2.24, 2.45) is 5.92 Å². The van der Waals surface area contributed by atoms with E-state index in [1.165, 1.54) is 0 Å². The van der Waals surface area contributed by atoms with Crippen LogP contribution < -0.4 is 14.2 Å². The first-order valence-corrected chi connectivity index (χ1v) is 11.0. The number of hydrogen-bond donors (Lipinski definition) is 1. The van der Waals surface area contributed by atoms with Crippen molar-refractivity contribution in [2.75, 3.05) is 11.3 Å². The number of alkyl halides is 3. The van der Waals surface area contributed by atoms with Crippen LogP contribution in [0.3, 0.4) is 0 Å². The average molecular weight is 467 g/mol. The van der Waals surface area contributed by atoms with Gasteiger partial charge in [0.25, 0.3) is 10.0 Å². The van der Waals surface area contributed by atoms with Crippen LogP contribution in [0.4, 0.5) is 18.9 Å². The Kier molecular flexibility index (Phi) is 6.87. The van der Waals surface area contributed by atoms with Crippen molar-refractivity contribution in [2.45, 2.75) is 25.1 Å². The molecule has 1 heterocycles. The SMILES string of the molecule is CC(C)COc1ccc(-c2ccc(NS(=O)(=O)c3ccc(OC(F)(F)F)cc3)cc2)nn1. The minimum atomic E-state index is -4.85. The van der Waals surface area contributed by atoms with Gasteiger partial charge in [-0.15, -0.1) is 23.4 Å². The van der Waals surface area contributed by atoms with Crippen molar-refractivity contribution in [3.63, 3.8) is 0 Å². The van der Waals surface area contributed by atoms with E-state index in [1.807, 2.05) is 13.8 Å². The Morgan fingerprint density at radius 2 is 1.59 bits per heavy atom. The van der Waals surface area contributed by atoms with Gasteiger partial charge in [0, 0.05) is 17.3 Å². The number of ether oxygens (including phenoxy) is 2. The van der Waals surface area contributed by atoms with Gasteiger partial charge in [0.1, 0.15) is 5.75 Å². The molecule has 0 unspecified atom stereocenters. The van der Waals surface area contributed by atoms with Crippen LogP contribution in [0.5, 0.6) is 11.6 Å². The molecule has 11 heteroatoms. The van der Waals surface area contributed by atoms with E-state index in [-0.39, 0.29) is 10.6 Å². The lowest BCUT2D eigenvalue weighted by molar-refractivity contribution is -0.274. The molecule has 0 radical (unpaired) electrons. The molecule has 3 rings (SSSR count). The van der Waals surface area contributed by atoms with Gasteiger partial charge in [-0.3, -0.25) is 4.72 Å². The fourth-order valence-corrected chi connectivity index (χ4v) is 3.61. The van der Waals surface area contributed by atoms with Gasteiger partial charge in [0.2, 0.25) is 5.88 Å². The topological polar surface area (TPSA) is 90.4 Å². The molecule has 0 atom stereocenters. The molecule has 0 saturated carbocycles. The molecule has 0 amide bonds. The molecule has 0 saturated heterocycles.